The Bertz CT molecular complexity index is 358. The van der Waals surface area contributed by atoms with Crippen LogP contribution in [0.15, 0.2) is 24.3 Å². The van der Waals surface area contributed by atoms with Crippen LogP contribution in [0, 0.1) is 5.92 Å². The maximum Gasteiger partial charge on any atom is 0.0133 e. The Kier molecular flexibility index (Phi) is 2.28. The van der Waals surface area contributed by atoms with Crippen LogP contribution in [-0.2, 0) is 12.8 Å². The van der Waals surface area contributed by atoms with Gasteiger partial charge in [0, 0.05) is 12.6 Å². The quantitative estimate of drug-likeness (QED) is 0.623. The predicted molar refractivity (Wildman–Crippen MR) is 63.0 cm³/mol. The smallest absolute Gasteiger partial charge is 0.0133 e. The fourth-order valence-electron chi connectivity index (χ4n) is 3.24. The Hall–Kier alpha value is -0.820. The zero-order valence-corrected chi connectivity index (χ0v) is 9.45. The monoisotopic (exact) mass is 201 g/mol. The topological polar surface area (TPSA) is 3.24 Å². The van der Waals surface area contributed by atoms with E-state index in [4.69, 9.17) is 0 Å². The van der Waals surface area contributed by atoms with Gasteiger partial charge in [-0.2, -0.15) is 0 Å². The van der Waals surface area contributed by atoms with Crippen molar-refractivity contribution in [1.82, 2.24) is 4.90 Å². The van der Waals surface area contributed by atoms with Crippen LogP contribution < -0.4 is 0 Å². The first-order chi connectivity index (χ1) is 7.33. The molecule has 2 heterocycles. The van der Waals surface area contributed by atoms with Gasteiger partial charge in [-0.05, 0) is 49.8 Å². The van der Waals surface area contributed by atoms with E-state index < -0.39 is 0 Å². The van der Waals surface area contributed by atoms with Gasteiger partial charge in [0.1, 0.15) is 0 Å². The SMILES string of the molecule is CN1CC2CCC1Cc1ccccc1C2. The number of hydrogen-bond acceptors (Lipinski definition) is 1. The fourth-order valence-corrected chi connectivity index (χ4v) is 3.24. The standard InChI is InChI=1S/C14H19N/c1-15-10-11-6-7-14(15)9-13-5-3-2-4-12(13)8-11/h2-5,11,14H,6-10H2,1H3. The molecule has 1 aromatic rings. The molecule has 2 atom stereocenters. The van der Waals surface area contributed by atoms with Gasteiger partial charge in [0.25, 0.3) is 0 Å². The minimum atomic E-state index is 0.794. The van der Waals surface area contributed by atoms with Gasteiger partial charge in [-0.1, -0.05) is 24.3 Å². The zero-order chi connectivity index (χ0) is 10.3. The van der Waals surface area contributed by atoms with Crippen molar-refractivity contribution >= 4 is 0 Å². The van der Waals surface area contributed by atoms with Gasteiger partial charge in [0.15, 0.2) is 0 Å². The molecule has 1 aromatic carbocycles. The Balaban J connectivity index is 1.98. The van der Waals surface area contributed by atoms with Crippen LogP contribution >= 0.6 is 0 Å². The third-order valence-electron chi connectivity index (χ3n) is 4.16. The third-order valence-corrected chi connectivity index (χ3v) is 4.16. The van der Waals surface area contributed by atoms with Crippen LogP contribution in [0.2, 0.25) is 0 Å². The highest BCUT2D eigenvalue weighted by Gasteiger charge is 2.29. The highest BCUT2D eigenvalue weighted by Crippen LogP contribution is 2.30. The van der Waals surface area contributed by atoms with Crippen molar-refractivity contribution in [3.63, 3.8) is 0 Å². The minimum Gasteiger partial charge on any atom is -0.303 e. The number of hydrogen-bond donors (Lipinski definition) is 0. The van der Waals surface area contributed by atoms with Crippen molar-refractivity contribution in [2.24, 2.45) is 5.92 Å². The van der Waals surface area contributed by atoms with Gasteiger partial charge in [0.2, 0.25) is 0 Å². The lowest BCUT2D eigenvalue weighted by molar-refractivity contribution is 0.131. The predicted octanol–water partition coefficient (Wildman–Crippen LogP) is 2.50. The lowest BCUT2D eigenvalue weighted by atomic mass is 9.80. The van der Waals surface area contributed by atoms with Crippen LogP contribution in [0.3, 0.4) is 0 Å². The molecular formula is C14H19N. The average Bonchev–Trinajstić information content (AvgIpc) is 2.20. The molecule has 3 aliphatic rings. The number of fused-ring (bicyclic) bond motifs is 2. The number of rotatable bonds is 0. The maximum absolute atomic E-state index is 2.57. The van der Waals surface area contributed by atoms with Crippen molar-refractivity contribution in [3.8, 4) is 0 Å². The first-order valence-electron chi connectivity index (χ1n) is 6.10. The van der Waals surface area contributed by atoms with Gasteiger partial charge >= 0.3 is 0 Å². The summed E-state index contributed by atoms with van der Waals surface area (Å²) < 4.78 is 0. The van der Waals surface area contributed by atoms with Crippen LogP contribution in [0.5, 0.6) is 0 Å². The fraction of sp³-hybridized carbons (Fsp3) is 0.571. The van der Waals surface area contributed by atoms with Gasteiger partial charge in [-0.3, -0.25) is 0 Å². The third kappa shape index (κ3) is 1.69. The Labute approximate surface area is 92.1 Å². The zero-order valence-electron chi connectivity index (χ0n) is 9.45. The van der Waals surface area contributed by atoms with E-state index >= 15 is 0 Å². The van der Waals surface area contributed by atoms with Gasteiger partial charge in [-0.25, -0.2) is 0 Å². The van der Waals surface area contributed by atoms with E-state index in [1.54, 1.807) is 11.1 Å². The van der Waals surface area contributed by atoms with E-state index in [1.807, 2.05) is 0 Å². The highest BCUT2D eigenvalue weighted by molar-refractivity contribution is 5.29. The largest absolute Gasteiger partial charge is 0.303 e. The molecule has 2 unspecified atom stereocenters. The maximum atomic E-state index is 2.57. The Morgan fingerprint density at radius 1 is 1.07 bits per heavy atom. The summed E-state index contributed by atoms with van der Waals surface area (Å²) in [6, 6.07) is 9.83. The lowest BCUT2D eigenvalue weighted by Crippen LogP contribution is -2.44. The number of nitrogens with zero attached hydrogens (tertiary/aromatic N) is 1. The highest BCUT2D eigenvalue weighted by atomic mass is 15.1. The summed E-state index contributed by atoms with van der Waals surface area (Å²) in [6.45, 7) is 1.30. The molecule has 0 saturated carbocycles. The molecule has 0 N–H and O–H groups in total. The van der Waals surface area contributed by atoms with Crippen molar-refractivity contribution in [2.45, 2.75) is 31.7 Å². The molecule has 1 saturated heterocycles. The van der Waals surface area contributed by atoms with E-state index in [1.165, 1.54) is 32.2 Å². The summed E-state index contributed by atoms with van der Waals surface area (Å²) in [4.78, 5) is 2.57. The molecule has 15 heavy (non-hydrogen) atoms. The molecule has 0 radical (unpaired) electrons. The molecule has 0 amide bonds. The first kappa shape index (κ1) is 9.41. The van der Waals surface area contributed by atoms with E-state index in [-0.39, 0.29) is 0 Å². The van der Waals surface area contributed by atoms with Crippen LogP contribution in [0.1, 0.15) is 24.0 Å². The summed E-state index contributed by atoms with van der Waals surface area (Å²) >= 11 is 0. The average molecular weight is 201 g/mol. The van der Waals surface area contributed by atoms with Crippen molar-refractivity contribution < 1.29 is 0 Å². The number of piperidine rings is 1. The molecule has 1 heteroatoms. The summed E-state index contributed by atoms with van der Waals surface area (Å²) in [5.41, 5.74) is 3.21. The summed E-state index contributed by atoms with van der Waals surface area (Å²) in [5, 5.41) is 0. The van der Waals surface area contributed by atoms with E-state index in [9.17, 15) is 0 Å². The second-order valence-corrected chi connectivity index (χ2v) is 5.21. The second-order valence-electron chi connectivity index (χ2n) is 5.21. The molecule has 2 aliphatic heterocycles. The van der Waals surface area contributed by atoms with Gasteiger partial charge in [-0.15, -0.1) is 0 Å². The Morgan fingerprint density at radius 3 is 2.53 bits per heavy atom. The van der Waals surface area contributed by atoms with Crippen molar-refractivity contribution in [3.05, 3.63) is 35.4 Å². The van der Waals surface area contributed by atoms with Crippen molar-refractivity contribution in [2.75, 3.05) is 13.6 Å². The minimum absolute atomic E-state index is 0.794. The normalized spacial score (nSPS) is 30.7. The Morgan fingerprint density at radius 2 is 1.80 bits per heavy atom. The van der Waals surface area contributed by atoms with E-state index in [0.717, 1.165) is 12.0 Å². The molecule has 0 aromatic heterocycles. The lowest BCUT2D eigenvalue weighted by Gasteiger charge is -2.40. The molecule has 2 bridgehead atoms. The molecule has 0 spiro atoms. The summed E-state index contributed by atoms with van der Waals surface area (Å²) in [6.07, 6.45) is 5.39. The van der Waals surface area contributed by atoms with Crippen molar-refractivity contribution in [1.29, 1.82) is 0 Å². The molecule has 4 rings (SSSR count). The molecular weight excluding hydrogens is 182 g/mol. The molecule has 1 aliphatic carbocycles. The molecule has 1 fully saturated rings. The van der Waals surface area contributed by atoms with E-state index in [2.05, 4.69) is 36.2 Å². The van der Waals surface area contributed by atoms with Crippen LogP contribution in [-0.4, -0.2) is 24.5 Å². The van der Waals surface area contributed by atoms with Crippen LogP contribution in [0.4, 0.5) is 0 Å². The number of likely N-dealkylation sites (N-methyl/N-ethyl adjacent to an activating group) is 1. The van der Waals surface area contributed by atoms with Gasteiger partial charge < -0.3 is 4.90 Å². The summed E-state index contributed by atoms with van der Waals surface area (Å²) in [5.74, 6) is 0.896. The number of benzene rings is 1. The molecule has 80 valence electrons. The van der Waals surface area contributed by atoms with Crippen LogP contribution in [0.25, 0.3) is 0 Å². The van der Waals surface area contributed by atoms with Gasteiger partial charge in [0.05, 0.1) is 0 Å². The summed E-state index contributed by atoms with van der Waals surface area (Å²) in [7, 11) is 2.30. The first-order valence-corrected chi connectivity index (χ1v) is 6.10. The molecule has 1 nitrogen and oxygen atoms in total. The second kappa shape index (κ2) is 3.64. The van der Waals surface area contributed by atoms with E-state index in [0.29, 0.717) is 0 Å².